The Hall–Kier alpha value is -1.18. The largest absolute Gasteiger partial charge is 0.379 e. The van der Waals surface area contributed by atoms with Crippen molar-refractivity contribution in [1.29, 1.82) is 0 Å². The Balaban J connectivity index is 2.02. The molecule has 0 bridgehead atoms. The van der Waals surface area contributed by atoms with Crippen LogP contribution in [0.2, 0.25) is 5.15 Å². The molecule has 122 valence electrons. The lowest BCUT2D eigenvalue weighted by molar-refractivity contribution is 0.132. The van der Waals surface area contributed by atoms with Crippen LogP contribution in [-0.4, -0.2) is 47.0 Å². The molecule has 1 saturated heterocycles. The van der Waals surface area contributed by atoms with E-state index in [1.807, 2.05) is 6.26 Å². The molecule has 0 saturated carbocycles. The molecule has 5 nitrogen and oxygen atoms in total. The maximum absolute atomic E-state index is 14.5. The number of halogens is 2. The van der Waals surface area contributed by atoms with Crippen LogP contribution in [0.15, 0.2) is 5.16 Å². The van der Waals surface area contributed by atoms with Crippen LogP contribution in [0.1, 0.15) is 18.5 Å². The van der Waals surface area contributed by atoms with Gasteiger partial charge in [-0.3, -0.25) is 0 Å². The third-order valence-corrected chi connectivity index (χ3v) is 5.19. The highest BCUT2D eigenvalue weighted by atomic mass is 35.5. The number of fused-ring (bicyclic) bond motifs is 2. The van der Waals surface area contributed by atoms with Crippen molar-refractivity contribution < 1.29 is 9.13 Å². The van der Waals surface area contributed by atoms with Crippen molar-refractivity contribution in [2.24, 2.45) is 0 Å². The Labute approximate surface area is 142 Å². The fourth-order valence-corrected chi connectivity index (χ4v) is 3.86. The molecule has 2 aliphatic rings. The van der Waals surface area contributed by atoms with Crippen molar-refractivity contribution in [3.63, 3.8) is 0 Å². The molecule has 0 aliphatic carbocycles. The van der Waals surface area contributed by atoms with Gasteiger partial charge in [-0.05, 0) is 25.5 Å². The summed E-state index contributed by atoms with van der Waals surface area (Å²) in [5.74, 6) is 0.208. The van der Waals surface area contributed by atoms with Gasteiger partial charge < -0.3 is 9.64 Å². The SMILES string of the molecule is CSc1nc2c3c(nc(Cl)c(F)c3n1)CCC1COCCCN21. The maximum atomic E-state index is 14.5. The Morgan fingerprint density at radius 3 is 3.04 bits per heavy atom. The first-order valence-corrected chi connectivity index (χ1v) is 9.23. The lowest BCUT2D eigenvalue weighted by atomic mass is 10.1. The molecule has 0 spiro atoms. The molecule has 23 heavy (non-hydrogen) atoms. The predicted molar refractivity (Wildman–Crippen MR) is 89.0 cm³/mol. The van der Waals surface area contributed by atoms with Crippen molar-refractivity contribution >= 4 is 40.1 Å². The van der Waals surface area contributed by atoms with E-state index in [4.69, 9.17) is 16.3 Å². The van der Waals surface area contributed by atoms with E-state index in [2.05, 4.69) is 19.9 Å². The summed E-state index contributed by atoms with van der Waals surface area (Å²) in [6, 6.07) is 0.223. The molecule has 2 aromatic heterocycles. The number of pyridine rings is 1. The van der Waals surface area contributed by atoms with Crippen LogP contribution < -0.4 is 4.90 Å². The summed E-state index contributed by atoms with van der Waals surface area (Å²) in [6.45, 7) is 2.25. The van der Waals surface area contributed by atoms with Crippen molar-refractivity contribution in [1.82, 2.24) is 15.0 Å². The number of hydrogen-bond donors (Lipinski definition) is 0. The van der Waals surface area contributed by atoms with Crippen molar-refractivity contribution in [2.75, 3.05) is 30.9 Å². The molecular weight excluding hydrogens is 339 g/mol. The second kappa shape index (κ2) is 6.03. The van der Waals surface area contributed by atoms with E-state index in [0.29, 0.717) is 17.1 Å². The minimum Gasteiger partial charge on any atom is -0.379 e. The highest BCUT2D eigenvalue weighted by molar-refractivity contribution is 7.98. The van der Waals surface area contributed by atoms with Gasteiger partial charge in [-0.1, -0.05) is 23.4 Å². The molecule has 0 aromatic carbocycles. The number of anilines is 1. The van der Waals surface area contributed by atoms with E-state index in [1.165, 1.54) is 11.8 Å². The minimum absolute atomic E-state index is 0.113. The van der Waals surface area contributed by atoms with Crippen LogP contribution in [0, 0.1) is 5.82 Å². The lowest BCUT2D eigenvalue weighted by Crippen LogP contribution is -2.37. The molecule has 4 rings (SSSR count). The van der Waals surface area contributed by atoms with Gasteiger partial charge in [-0.25, -0.2) is 19.3 Å². The highest BCUT2D eigenvalue weighted by Crippen LogP contribution is 2.37. The van der Waals surface area contributed by atoms with E-state index >= 15 is 0 Å². The van der Waals surface area contributed by atoms with Gasteiger partial charge in [0.1, 0.15) is 11.3 Å². The van der Waals surface area contributed by atoms with Crippen LogP contribution in [0.25, 0.3) is 10.9 Å². The number of ether oxygens (including phenoxy) is 1. The van der Waals surface area contributed by atoms with Crippen LogP contribution >= 0.6 is 23.4 Å². The summed E-state index contributed by atoms with van der Waals surface area (Å²) in [4.78, 5) is 15.5. The summed E-state index contributed by atoms with van der Waals surface area (Å²) >= 11 is 7.38. The van der Waals surface area contributed by atoms with E-state index in [9.17, 15) is 4.39 Å². The van der Waals surface area contributed by atoms with Crippen molar-refractivity contribution in [3.05, 3.63) is 16.7 Å². The van der Waals surface area contributed by atoms with Crippen molar-refractivity contribution in [3.8, 4) is 0 Å². The molecule has 2 aliphatic heterocycles. The summed E-state index contributed by atoms with van der Waals surface area (Å²) in [5, 5.41) is 1.14. The van der Waals surface area contributed by atoms with Gasteiger partial charge in [-0.15, -0.1) is 0 Å². The molecule has 0 amide bonds. The van der Waals surface area contributed by atoms with Gasteiger partial charge >= 0.3 is 0 Å². The molecule has 2 aromatic rings. The summed E-state index contributed by atoms with van der Waals surface area (Å²) in [6.07, 6.45) is 4.41. The number of aryl methyl sites for hydroxylation is 1. The predicted octanol–water partition coefficient (Wildman–Crippen LogP) is 3.08. The number of rotatable bonds is 1. The van der Waals surface area contributed by atoms with Gasteiger partial charge in [0, 0.05) is 13.2 Å². The zero-order valence-corrected chi connectivity index (χ0v) is 14.3. The van der Waals surface area contributed by atoms with E-state index in [1.54, 1.807) is 0 Å². The average molecular weight is 355 g/mol. The third-order valence-electron chi connectivity index (χ3n) is 4.39. The molecule has 1 atom stereocenters. The highest BCUT2D eigenvalue weighted by Gasteiger charge is 2.31. The first-order chi connectivity index (χ1) is 11.2. The van der Waals surface area contributed by atoms with Gasteiger partial charge in [-0.2, -0.15) is 0 Å². The Bertz CT molecular complexity index is 775. The molecule has 0 N–H and O–H groups in total. The standard InChI is InChI=1S/C15H16ClFN4OS/c1-23-15-19-12-10-9(18-13(16)11(12)17)4-3-8-7-22-6-2-5-21(8)14(10)20-15/h8H,2-7H2,1H3. The van der Waals surface area contributed by atoms with Crippen molar-refractivity contribution in [2.45, 2.75) is 30.5 Å². The number of hydrogen-bond acceptors (Lipinski definition) is 6. The molecule has 0 radical (unpaired) electrons. The van der Waals surface area contributed by atoms with Crippen LogP contribution in [0.3, 0.4) is 0 Å². The van der Waals surface area contributed by atoms with E-state index < -0.39 is 5.82 Å². The number of nitrogens with zero attached hydrogens (tertiary/aromatic N) is 4. The molecular formula is C15H16ClFN4OS. The summed E-state index contributed by atoms with van der Waals surface area (Å²) in [7, 11) is 0. The summed E-state index contributed by atoms with van der Waals surface area (Å²) in [5.41, 5.74) is 1.06. The van der Waals surface area contributed by atoms with Gasteiger partial charge in [0.05, 0.1) is 23.7 Å². The fourth-order valence-electron chi connectivity index (χ4n) is 3.30. The Morgan fingerprint density at radius 2 is 2.22 bits per heavy atom. The number of thioether (sulfide) groups is 1. The topological polar surface area (TPSA) is 51.1 Å². The zero-order valence-electron chi connectivity index (χ0n) is 12.7. The first-order valence-electron chi connectivity index (χ1n) is 7.63. The molecule has 8 heteroatoms. The molecule has 4 heterocycles. The van der Waals surface area contributed by atoms with Gasteiger partial charge in [0.15, 0.2) is 16.1 Å². The number of aromatic nitrogens is 3. The fraction of sp³-hybridized carbons (Fsp3) is 0.533. The molecule has 1 unspecified atom stereocenters. The first kappa shape index (κ1) is 15.4. The van der Waals surface area contributed by atoms with Crippen LogP contribution in [0.5, 0.6) is 0 Å². The zero-order chi connectivity index (χ0) is 16.0. The van der Waals surface area contributed by atoms with E-state index in [0.717, 1.165) is 43.9 Å². The Kier molecular flexibility index (Phi) is 4.03. The monoisotopic (exact) mass is 354 g/mol. The maximum Gasteiger partial charge on any atom is 0.189 e. The van der Waals surface area contributed by atoms with Gasteiger partial charge in [0.2, 0.25) is 0 Å². The third kappa shape index (κ3) is 2.55. The second-order valence-electron chi connectivity index (χ2n) is 5.74. The van der Waals surface area contributed by atoms with E-state index in [-0.39, 0.29) is 16.7 Å². The van der Waals surface area contributed by atoms with Crippen LogP contribution in [0.4, 0.5) is 10.2 Å². The minimum atomic E-state index is -0.561. The average Bonchev–Trinajstić information content (AvgIpc) is 2.87. The molecule has 1 fully saturated rings. The lowest BCUT2D eigenvalue weighted by Gasteiger charge is -2.29. The summed E-state index contributed by atoms with van der Waals surface area (Å²) < 4.78 is 20.2. The Morgan fingerprint density at radius 1 is 1.35 bits per heavy atom. The second-order valence-corrected chi connectivity index (χ2v) is 6.87. The normalized spacial score (nSPS) is 21.0. The van der Waals surface area contributed by atoms with Gasteiger partial charge in [0.25, 0.3) is 0 Å². The smallest absolute Gasteiger partial charge is 0.189 e. The van der Waals surface area contributed by atoms with Crippen LogP contribution in [-0.2, 0) is 11.2 Å². The quantitative estimate of drug-likeness (QED) is 0.445.